The van der Waals surface area contributed by atoms with Crippen LogP contribution in [0.1, 0.15) is 62.2 Å². The fraction of sp³-hybridized carbons (Fsp3) is 0.480. The van der Waals surface area contributed by atoms with Crippen LogP contribution in [0.15, 0.2) is 18.2 Å². The lowest BCUT2D eigenvalue weighted by atomic mass is 9.88. The van der Waals surface area contributed by atoms with Gasteiger partial charge in [0.05, 0.1) is 32.7 Å². The first-order chi connectivity index (χ1) is 15.9. The number of halogens is 2. The minimum Gasteiger partial charge on any atom is -0.444 e. The molecule has 2 aromatic rings. The van der Waals surface area contributed by atoms with Crippen molar-refractivity contribution in [3.8, 4) is 11.3 Å². The predicted octanol–water partition coefficient (Wildman–Crippen LogP) is 5.49. The lowest BCUT2D eigenvalue weighted by Crippen LogP contribution is -2.54. The number of nitrogens with zero attached hydrogens (tertiary/aromatic N) is 2. The van der Waals surface area contributed by atoms with Crippen LogP contribution in [0.5, 0.6) is 0 Å². The van der Waals surface area contributed by atoms with Gasteiger partial charge in [-0.1, -0.05) is 35.3 Å². The number of aromatic nitrogens is 1. The van der Waals surface area contributed by atoms with Gasteiger partial charge in [-0.15, -0.1) is 0 Å². The molecule has 1 aromatic carbocycles. The van der Waals surface area contributed by atoms with Gasteiger partial charge in [0.25, 0.3) is 5.91 Å². The van der Waals surface area contributed by atoms with E-state index in [1.807, 2.05) is 40.7 Å². The van der Waals surface area contributed by atoms with E-state index in [9.17, 15) is 9.59 Å². The molecule has 2 N–H and O–H groups in total. The minimum atomic E-state index is -0.544. The summed E-state index contributed by atoms with van der Waals surface area (Å²) in [6.45, 7) is 11.4. The monoisotopic (exact) mass is 504 g/mol. The zero-order valence-electron chi connectivity index (χ0n) is 20.1. The van der Waals surface area contributed by atoms with Crippen LogP contribution in [-0.2, 0) is 11.3 Å². The standard InChI is InChI=1S/C25H30Cl2N4O3/c1-14-21(31-11-9-25(5,10-12-31)30-23(33)34-24(2,3)4)16-13-28-22(32)18(16)20(29-14)15-7-6-8-17(26)19(15)27/h6-8H,9-13H2,1-5H3,(H,28,32)(H,30,33). The topological polar surface area (TPSA) is 83.6 Å². The average molecular weight is 505 g/mol. The van der Waals surface area contributed by atoms with E-state index in [2.05, 4.69) is 15.5 Å². The highest BCUT2D eigenvalue weighted by molar-refractivity contribution is 6.43. The molecular weight excluding hydrogens is 475 g/mol. The third-order valence-electron chi connectivity index (χ3n) is 6.29. The van der Waals surface area contributed by atoms with E-state index in [1.165, 1.54) is 0 Å². The molecule has 0 spiro atoms. The SMILES string of the molecule is Cc1nc(-c2cccc(Cl)c2Cl)c2c(c1N1CCC(C)(NC(=O)OC(C)(C)C)CC1)CNC2=O. The second-order valence-corrected chi connectivity index (χ2v) is 11.0. The Morgan fingerprint density at radius 1 is 1.24 bits per heavy atom. The quantitative estimate of drug-likeness (QED) is 0.577. The van der Waals surface area contributed by atoms with E-state index >= 15 is 0 Å². The van der Waals surface area contributed by atoms with E-state index in [0.29, 0.717) is 46.5 Å². The zero-order valence-corrected chi connectivity index (χ0v) is 21.7. The van der Waals surface area contributed by atoms with Gasteiger partial charge in [0, 0.05) is 36.3 Å². The third kappa shape index (κ3) is 4.82. The van der Waals surface area contributed by atoms with Gasteiger partial charge in [-0.25, -0.2) is 4.79 Å². The summed E-state index contributed by atoms with van der Waals surface area (Å²) in [5, 5.41) is 6.79. The first kappa shape index (κ1) is 24.6. The van der Waals surface area contributed by atoms with Gasteiger partial charge in [0.15, 0.2) is 0 Å². The highest BCUT2D eigenvalue weighted by atomic mass is 35.5. The first-order valence-corrected chi connectivity index (χ1v) is 12.2. The van der Waals surface area contributed by atoms with Gasteiger partial charge in [-0.05, 0) is 53.5 Å². The zero-order chi connectivity index (χ0) is 24.8. The molecule has 2 aliphatic rings. The fourth-order valence-corrected chi connectivity index (χ4v) is 5.02. The van der Waals surface area contributed by atoms with Gasteiger partial charge >= 0.3 is 6.09 Å². The number of carbonyl (C=O) groups is 2. The molecule has 0 radical (unpaired) electrons. The Hall–Kier alpha value is -2.51. The number of piperidine rings is 1. The van der Waals surface area contributed by atoms with Crippen LogP contribution in [0.2, 0.25) is 10.0 Å². The minimum absolute atomic E-state index is 0.164. The molecule has 7 nitrogen and oxygen atoms in total. The highest BCUT2D eigenvalue weighted by Gasteiger charge is 2.37. The van der Waals surface area contributed by atoms with Crippen LogP contribution in [0.3, 0.4) is 0 Å². The summed E-state index contributed by atoms with van der Waals surface area (Å²) < 4.78 is 5.44. The molecular formula is C25H30Cl2N4O3. The van der Waals surface area contributed by atoms with Crippen molar-refractivity contribution in [1.29, 1.82) is 0 Å². The summed E-state index contributed by atoms with van der Waals surface area (Å²) in [7, 11) is 0. The maximum Gasteiger partial charge on any atom is 0.408 e. The molecule has 2 aliphatic heterocycles. The normalized spacial score (nSPS) is 17.3. The summed E-state index contributed by atoms with van der Waals surface area (Å²) in [5.41, 5.74) is 3.54. The first-order valence-electron chi connectivity index (χ1n) is 11.4. The Labute approximate surface area is 210 Å². The van der Waals surface area contributed by atoms with Gasteiger partial charge in [-0.3, -0.25) is 9.78 Å². The fourth-order valence-electron chi connectivity index (χ4n) is 4.63. The number of rotatable bonds is 3. The number of pyridine rings is 1. The number of benzene rings is 1. The van der Waals surface area contributed by atoms with Crippen molar-refractivity contribution in [2.45, 2.75) is 65.1 Å². The van der Waals surface area contributed by atoms with Crippen LogP contribution < -0.4 is 15.5 Å². The average Bonchev–Trinajstić information content (AvgIpc) is 3.10. The lowest BCUT2D eigenvalue weighted by Gasteiger charge is -2.42. The Kier molecular flexibility index (Phi) is 6.46. The number of amides is 2. The smallest absolute Gasteiger partial charge is 0.408 e. The van der Waals surface area contributed by atoms with Gasteiger partial charge in [0.2, 0.25) is 0 Å². The van der Waals surface area contributed by atoms with E-state index in [4.69, 9.17) is 32.9 Å². The highest BCUT2D eigenvalue weighted by Crippen LogP contribution is 2.41. The van der Waals surface area contributed by atoms with Crippen molar-refractivity contribution in [3.63, 3.8) is 0 Å². The number of nitrogens with one attached hydrogen (secondary N) is 2. The molecule has 0 unspecified atom stereocenters. The van der Waals surface area contributed by atoms with Crippen LogP contribution >= 0.6 is 23.2 Å². The van der Waals surface area contributed by atoms with Crippen molar-refractivity contribution in [2.75, 3.05) is 18.0 Å². The number of ether oxygens (including phenoxy) is 1. The van der Waals surface area contributed by atoms with Crippen molar-refractivity contribution in [1.82, 2.24) is 15.6 Å². The van der Waals surface area contributed by atoms with E-state index in [-0.39, 0.29) is 11.4 Å². The number of aryl methyl sites for hydroxylation is 1. The van der Waals surface area contributed by atoms with Crippen LogP contribution in [0, 0.1) is 6.92 Å². The van der Waals surface area contributed by atoms with Gasteiger partial charge < -0.3 is 20.3 Å². The van der Waals surface area contributed by atoms with Crippen LogP contribution in [-0.4, -0.2) is 41.2 Å². The van der Waals surface area contributed by atoms with E-state index in [1.54, 1.807) is 12.1 Å². The number of anilines is 1. The largest absolute Gasteiger partial charge is 0.444 e. The van der Waals surface area contributed by atoms with Crippen LogP contribution in [0.25, 0.3) is 11.3 Å². The second-order valence-electron chi connectivity index (χ2n) is 10.2. The molecule has 0 bridgehead atoms. The molecule has 9 heteroatoms. The van der Waals surface area contributed by atoms with Gasteiger partial charge in [-0.2, -0.15) is 0 Å². The van der Waals surface area contributed by atoms with Crippen LogP contribution in [0.4, 0.5) is 10.5 Å². The number of fused-ring (bicyclic) bond motifs is 1. The number of hydrogen-bond acceptors (Lipinski definition) is 5. The summed E-state index contributed by atoms with van der Waals surface area (Å²) in [5.74, 6) is -0.164. The summed E-state index contributed by atoms with van der Waals surface area (Å²) in [4.78, 5) is 32.2. The van der Waals surface area contributed by atoms with E-state index < -0.39 is 11.7 Å². The molecule has 0 saturated carbocycles. The van der Waals surface area contributed by atoms with Crippen molar-refractivity contribution in [2.24, 2.45) is 0 Å². The van der Waals surface area contributed by atoms with Gasteiger partial charge in [0.1, 0.15) is 5.60 Å². The number of alkyl carbamates (subject to hydrolysis) is 1. The molecule has 1 saturated heterocycles. The van der Waals surface area contributed by atoms with E-state index in [0.717, 1.165) is 29.8 Å². The Balaban J connectivity index is 1.62. The molecule has 2 amide bonds. The molecule has 3 heterocycles. The Morgan fingerprint density at radius 2 is 1.91 bits per heavy atom. The molecule has 182 valence electrons. The molecule has 0 aliphatic carbocycles. The summed E-state index contributed by atoms with van der Waals surface area (Å²) in [6.07, 6.45) is 1.08. The maximum atomic E-state index is 12.8. The Bertz CT molecular complexity index is 1150. The molecule has 1 aromatic heterocycles. The third-order valence-corrected chi connectivity index (χ3v) is 7.11. The van der Waals surface area contributed by atoms with Crippen molar-refractivity contribution in [3.05, 3.63) is 45.1 Å². The Morgan fingerprint density at radius 3 is 2.56 bits per heavy atom. The molecule has 4 rings (SSSR count). The molecule has 1 fully saturated rings. The number of hydrogen-bond donors (Lipinski definition) is 2. The lowest BCUT2D eigenvalue weighted by molar-refractivity contribution is 0.0448. The molecule has 34 heavy (non-hydrogen) atoms. The van der Waals surface area contributed by atoms with Crippen molar-refractivity contribution >= 4 is 40.9 Å². The number of carbonyl (C=O) groups excluding carboxylic acids is 2. The predicted molar refractivity (Wildman–Crippen MR) is 135 cm³/mol. The summed E-state index contributed by atoms with van der Waals surface area (Å²) in [6, 6.07) is 5.35. The van der Waals surface area contributed by atoms with Crippen molar-refractivity contribution < 1.29 is 14.3 Å². The maximum absolute atomic E-state index is 12.8. The summed E-state index contributed by atoms with van der Waals surface area (Å²) >= 11 is 12.7. The second kappa shape index (κ2) is 8.93. The molecule has 0 atom stereocenters.